The fourth-order valence-electron chi connectivity index (χ4n) is 5.85. The average molecular weight is 472 g/mol. The molecule has 1 saturated carbocycles. The Morgan fingerprint density at radius 1 is 1.00 bits per heavy atom. The second-order valence-corrected chi connectivity index (χ2v) is 11.5. The maximum atomic E-state index is 5.85. The topological polar surface area (TPSA) is 31.2 Å². The summed E-state index contributed by atoms with van der Waals surface area (Å²) in [5.74, 6) is 1.73. The van der Waals surface area contributed by atoms with E-state index in [1.807, 2.05) is 19.9 Å². The molecule has 2 unspecified atom stereocenters. The number of benzene rings is 2. The first kappa shape index (κ1) is 25.8. The van der Waals surface area contributed by atoms with Crippen LogP contribution in [0.5, 0.6) is 0 Å². The van der Waals surface area contributed by atoms with Crippen molar-refractivity contribution in [3.05, 3.63) is 88.0 Å². The summed E-state index contributed by atoms with van der Waals surface area (Å²) in [5.41, 5.74) is 8.99. The summed E-state index contributed by atoms with van der Waals surface area (Å²) in [4.78, 5) is 0. The van der Waals surface area contributed by atoms with Crippen LogP contribution in [0.25, 0.3) is 5.76 Å². The number of nitrogens with one attached hydrogen (secondary N) is 1. The van der Waals surface area contributed by atoms with Crippen molar-refractivity contribution >= 4 is 5.76 Å². The molecule has 2 heterocycles. The molecule has 3 aliphatic rings. The van der Waals surface area contributed by atoms with E-state index in [0.717, 1.165) is 17.7 Å². The van der Waals surface area contributed by atoms with E-state index in [0.29, 0.717) is 12.0 Å². The molecule has 2 aromatic rings. The highest BCUT2D eigenvalue weighted by Crippen LogP contribution is 2.54. The molecular weight excluding hydrogens is 426 g/mol. The molecule has 5 rings (SSSR count). The lowest BCUT2D eigenvalue weighted by molar-refractivity contribution is 0.222. The van der Waals surface area contributed by atoms with Gasteiger partial charge in [-0.05, 0) is 90.8 Å². The smallest absolute Gasteiger partial charge is 0.127 e. The highest BCUT2D eigenvalue weighted by atomic mass is 16.5. The normalized spacial score (nSPS) is 20.8. The minimum atomic E-state index is 0.195. The van der Waals surface area contributed by atoms with Gasteiger partial charge in [-0.15, -0.1) is 0 Å². The van der Waals surface area contributed by atoms with E-state index < -0.39 is 0 Å². The van der Waals surface area contributed by atoms with E-state index in [-0.39, 0.29) is 5.41 Å². The molecule has 2 nitrogen and oxygen atoms in total. The molecule has 0 bridgehead atoms. The van der Waals surface area contributed by atoms with Gasteiger partial charge in [-0.3, -0.25) is 0 Å². The van der Waals surface area contributed by atoms with Gasteiger partial charge >= 0.3 is 0 Å². The van der Waals surface area contributed by atoms with Crippen molar-refractivity contribution in [2.75, 3.05) is 13.2 Å². The summed E-state index contributed by atoms with van der Waals surface area (Å²) in [6, 6.07) is 15.0. The monoisotopic (exact) mass is 471 g/mol. The summed E-state index contributed by atoms with van der Waals surface area (Å²) in [6.45, 7) is 17.6. The number of aryl methyl sites for hydroxylation is 3. The van der Waals surface area contributed by atoms with Crippen molar-refractivity contribution in [2.24, 2.45) is 11.3 Å². The van der Waals surface area contributed by atoms with Crippen LogP contribution in [0, 0.1) is 25.2 Å². The van der Waals surface area contributed by atoms with Crippen LogP contribution in [0.2, 0.25) is 0 Å². The van der Waals surface area contributed by atoms with Gasteiger partial charge in [-0.25, -0.2) is 0 Å². The molecule has 1 saturated heterocycles. The molecule has 0 spiro atoms. The van der Waals surface area contributed by atoms with Gasteiger partial charge < -0.3 is 10.1 Å². The van der Waals surface area contributed by atoms with Crippen LogP contribution in [0.3, 0.4) is 0 Å². The van der Waals surface area contributed by atoms with Gasteiger partial charge in [0.05, 0.1) is 0 Å². The highest BCUT2D eigenvalue weighted by molar-refractivity contribution is 5.66. The standard InChI is InChI=1S/C31H39NO.C2H6/c1-21-18-24(11-9-23(21)10-14-27(28-20-32-28)30(3,4)5)31(15-16-31)25-12-13-26(22(2)19-25)29-8-6-7-17-33-29;1-2/h6-9,11-13,18-19,27-28,32H,10,14-17,20H2,1-5H3;1-2H3. The second kappa shape index (κ2) is 10.3. The molecule has 2 aromatic carbocycles. The molecule has 1 N–H and O–H groups in total. The van der Waals surface area contributed by atoms with Crippen molar-refractivity contribution in [1.29, 1.82) is 0 Å². The largest absolute Gasteiger partial charge is 0.489 e. The van der Waals surface area contributed by atoms with Crippen molar-refractivity contribution in [1.82, 2.24) is 5.32 Å². The molecule has 0 aromatic heterocycles. The van der Waals surface area contributed by atoms with Gasteiger partial charge in [0.1, 0.15) is 12.4 Å². The number of hydrogen-bond donors (Lipinski definition) is 1. The van der Waals surface area contributed by atoms with Crippen LogP contribution in [-0.2, 0) is 16.6 Å². The van der Waals surface area contributed by atoms with Crippen molar-refractivity contribution in [3.8, 4) is 0 Å². The van der Waals surface area contributed by atoms with Crippen LogP contribution in [0.4, 0.5) is 0 Å². The molecular formula is C33H45NO. The van der Waals surface area contributed by atoms with Crippen LogP contribution >= 0.6 is 0 Å². The minimum absolute atomic E-state index is 0.195. The van der Waals surface area contributed by atoms with Crippen LogP contribution in [-0.4, -0.2) is 19.2 Å². The summed E-state index contributed by atoms with van der Waals surface area (Å²) in [5, 5.41) is 3.56. The van der Waals surface area contributed by atoms with Crippen molar-refractivity contribution in [2.45, 2.75) is 85.6 Å². The average Bonchev–Trinajstić information content (AvgIpc) is 3.76. The lowest BCUT2D eigenvalue weighted by Crippen LogP contribution is -2.27. The van der Waals surface area contributed by atoms with Crippen molar-refractivity contribution in [3.63, 3.8) is 0 Å². The Labute approximate surface area is 213 Å². The summed E-state index contributed by atoms with van der Waals surface area (Å²) < 4.78 is 5.85. The zero-order valence-corrected chi connectivity index (χ0v) is 23.0. The predicted octanol–water partition coefficient (Wildman–Crippen LogP) is 7.90. The number of hydrogen-bond acceptors (Lipinski definition) is 2. The Bertz CT molecular complexity index is 1090. The third-order valence-corrected chi connectivity index (χ3v) is 8.17. The Hall–Kier alpha value is -2.32. The van der Waals surface area contributed by atoms with E-state index in [1.54, 1.807) is 0 Å². The summed E-state index contributed by atoms with van der Waals surface area (Å²) in [6.07, 6.45) is 11.1. The Balaban J connectivity index is 0.00000141. The number of ether oxygens (including phenoxy) is 1. The molecule has 188 valence electrons. The molecule has 35 heavy (non-hydrogen) atoms. The Morgan fingerprint density at radius 2 is 1.66 bits per heavy atom. The maximum Gasteiger partial charge on any atom is 0.127 e. The molecule has 0 radical (unpaired) electrons. The van der Waals surface area contributed by atoms with Crippen LogP contribution in [0.1, 0.15) is 87.3 Å². The summed E-state index contributed by atoms with van der Waals surface area (Å²) in [7, 11) is 0. The van der Waals surface area contributed by atoms with Crippen LogP contribution < -0.4 is 5.32 Å². The minimum Gasteiger partial charge on any atom is -0.489 e. The quantitative estimate of drug-likeness (QED) is 0.416. The van der Waals surface area contributed by atoms with E-state index in [2.05, 4.69) is 88.5 Å². The lowest BCUT2D eigenvalue weighted by Gasteiger charge is -2.30. The van der Waals surface area contributed by atoms with E-state index in [9.17, 15) is 0 Å². The molecule has 2 heteroatoms. The predicted molar refractivity (Wildman–Crippen MR) is 150 cm³/mol. The van der Waals surface area contributed by atoms with Gasteiger partial charge in [0, 0.05) is 23.6 Å². The molecule has 2 fully saturated rings. The van der Waals surface area contributed by atoms with Gasteiger partial charge in [0.15, 0.2) is 0 Å². The maximum absolute atomic E-state index is 5.85. The molecule has 1 aliphatic carbocycles. The zero-order chi connectivity index (χ0) is 25.2. The Kier molecular flexibility index (Phi) is 7.62. The lowest BCUT2D eigenvalue weighted by atomic mass is 9.75. The fraction of sp³-hybridized carbons (Fsp3) is 0.515. The SMILES string of the molecule is CC.Cc1cc(C2(c3ccc(C4=CC=CCO4)c(C)c3)CC2)ccc1CCC(C1CN1)C(C)(C)C. The van der Waals surface area contributed by atoms with E-state index in [4.69, 9.17) is 4.74 Å². The third-order valence-electron chi connectivity index (χ3n) is 8.17. The Morgan fingerprint density at radius 3 is 2.17 bits per heavy atom. The van der Waals surface area contributed by atoms with Gasteiger partial charge in [0.2, 0.25) is 0 Å². The van der Waals surface area contributed by atoms with E-state index >= 15 is 0 Å². The van der Waals surface area contributed by atoms with Crippen molar-refractivity contribution < 1.29 is 4.74 Å². The van der Waals surface area contributed by atoms with Gasteiger partial charge in [-0.1, -0.05) is 77.1 Å². The second-order valence-electron chi connectivity index (χ2n) is 11.5. The first-order valence-electron chi connectivity index (χ1n) is 13.7. The number of allylic oxidation sites excluding steroid dienone is 2. The van der Waals surface area contributed by atoms with Crippen LogP contribution in [0.15, 0.2) is 54.6 Å². The van der Waals surface area contributed by atoms with E-state index in [1.165, 1.54) is 65.6 Å². The molecule has 2 aliphatic heterocycles. The molecule has 0 amide bonds. The van der Waals surface area contributed by atoms with Gasteiger partial charge in [-0.2, -0.15) is 0 Å². The highest BCUT2D eigenvalue weighted by Gasteiger charge is 2.46. The fourth-order valence-corrected chi connectivity index (χ4v) is 5.85. The zero-order valence-electron chi connectivity index (χ0n) is 23.0. The third kappa shape index (κ3) is 5.59. The van der Waals surface area contributed by atoms with Gasteiger partial charge in [0.25, 0.3) is 0 Å². The first-order valence-corrected chi connectivity index (χ1v) is 13.7. The first-order chi connectivity index (χ1) is 16.8. The number of rotatable bonds is 7. The summed E-state index contributed by atoms with van der Waals surface area (Å²) >= 11 is 0. The molecule has 2 atom stereocenters.